The van der Waals surface area contributed by atoms with Crippen molar-refractivity contribution >= 4 is 11.9 Å². The summed E-state index contributed by atoms with van der Waals surface area (Å²) < 4.78 is 5.44. The van der Waals surface area contributed by atoms with Gasteiger partial charge in [0.1, 0.15) is 0 Å². The number of nitrogens with zero attached hydrogens (tertiary/aromatic N) is 2. The van der Waals surface area contributed by atoms with Crippen LogP contribution < -0.4 is 16.0 Å². The molecule has 0 atom stereocenters. The largest absolute Gasteiger partial charge is 0.379 e. The van der Waals surface area contributed by atoms with E-state index in [4.69, 9.17) is 4.74 Å². The fourth-order valence-electron chi connectivity index (χ4n) is 3.07. The van der Waals surface area contributed by atoms with Gasteiger partial charge in [-0.15, -0.1) is 0 Å². The van der Waals surface area contributed by atoms with E-state index in [1.807, 2.05) is 20.8 Å². The van der Waals surface area contributed by atoms with Crippen LogP contribution in [0, 0.1) is 5.41 Å². The second kappa shape index (κ2) is 11.0. The average molecular weight is 390 g/mol. The number of hydrogen-bond acceptors (Lipinski definition) is 4. The molecule has 0 aliphatic carbocycles. The zero-order chi connectivity index (χ0) is 20.4. The molecule has 3 N–H and O–H groups in total. The monoisotopic (exact) mass is 389 g/mol. The molecule has 28 heavy (non-hydrogen) atoms. The van der Waals surface area contributed by atoms with Crippen molar-refractivity contribution in [2.45, 2.75) is 33.9 Å². The third kappa shape index (κ3) is 6.80. The van der Waals surface area contributed by atoms with E-state index in [1.54, 1.807) is 7.05 Å². The smallest absolute Gasteiger partial charge is 0.227 e. The van der Waals surface area contributed by atoms with Gasteiger partial charge in [0.25, 0.3) is 0 Å². The van der Waals surface area contributed by atoms with Crippen molar-refractivity contribution in [1.29, 1.82) is 0 Å². The topological polar surface area (TPSA) is 78.0 Å². The van der Waals surface area contributed by atoms with Gasteiger partial charge in [0.05, 0.1) is 18.6 Å². The first-order chi connectivity index (χ1) is 13.5. The third-order valence-electron chi connectivity index (χ3n) is 4.94. The van der Waals surface area contributed by atoms with Gasteiger partial charge < -0.3 is 20.7 Å². The van der Waals surface area contributed by atoms with E-state index in [1.165, 1.54) is 11.1 Å². The Morgan fingerprint density at radius 3 is 2.46 bits per heavy atom. The first-order valence-corrected chi connectivity index (χ1v) is 10.1. The Morgan fingerprint density at radius 1 is 1.14 bits per heavy atom. The number of amides is 1. The number of rotatable bonds is 8. The van der Waals surface area contributed by atoms with E-state index in [0.29, 0.717) is 25.6 Å². The highest BCUT2D eigenvalue weighted by Gasteiger charge is 2.27. The summed E-state index contributed by atoms with van der Waals surface area (Å²) in [6.45, 7) is 12.1. The molecule has 1 aromatic carbocycles. The molecule has 7 nitrogen and oxygen atoms in total. The van der Waals surface area contributed by atoms with E-state index in [-0.39, 0.29) is 5.91 Å². The van der Waals surface area contributed by atoms with Crippen LogP contribution in [-0.4, -0.2) is 63.2 Å². The molecule has 1 heterocycles. The standard InChI is InChI=1S/C21H35N5O2/c1-5-23-19(27)21(2,3)16-25-20(22-4)24-14-17-8-6-7-9-18(17)15-26-10-12-28-13-11-26/h6-9H,5,10-16H2,1-4H3,(H,23,27)(H2,22,24,25). The highest BCUT2D eigenvalue weighted by Crippen LogP contribution is 2.14. The normalized spacial score (nSPS) is 15.9. The lowest BCUT2D eigenvalue weighted by atomic mass is 9.92. The number of ether oxygens (including phenoxy) is 1. The van der Waals surface area contributed by atoms with Gasteiger partial charge in [-0.3, -0.25) is 14.7 Å². The second-order valence-corrected chi connectivity index (χ2v) is 7.68. The summed E-state index contributed by atoms with van der Waals surface area (Å²) in [5.74, 6) is 0.729. The van der Waals surface area contributed by atoms with Crippen LogP contribution in [0.3, 0.4) is 0 Å². The molecule has 1 amide bonds. The summed E-state index contributed by atoms with van der Waals surface area (Å²) in [5.41, 5.74) is 2.05. The van der Waals surface area contributed by atoms with Crippen LogP contribution >= 0.6 is 0 Å². The van der Waals surface area contributed by atoms with Gasteiger partial charge >= 0.3 is 0 Å². The number of nitrogens with one attached hydrogen (secondary N) is 3. The van der Waals surface area contributed by atoms with Crippen LogP contribution in [0.2, 0.25) is 0 Å². The first-order valence-electron chi connectivity index (χ1n) is 10.1. The summed E-state index contributed by atoms with van der Waals surface area (Å²) in [6, 6.07) is 8.48. The van der Waals surface area contributed by atoms with E-state index < -0.39 is 5.41 Å². The van der Waals surface area contributed by atoms with E-state index in [9.17, 15) is 4.79 Å². The van der Waals surface area contributed by atoms with Crippen molar-refractivity contribution in [3.05, 3.63) is 35.4 Å². The molecule has 2 rings (SSSR count). The number of morpholine rings is 1. The van der Waals surface area contributed by atoms with Gasteiger partial charge in [-0.2, -0.15) is 0 Å². The van der Waals surface area contributed by atoms with Crippen LogP contribution in [0.15, 0.2) is 29.3 Å². The highest BCUT2D eigenvalue weighted by atomic mass is 16.5. The fourth-order valence-corrected chi connectivity index (χ4v) is 3.07. The molecule has 0 unspecified atom stereocenters. The minimum absolute atomic E-state index is 0.0359. The molecule has 0 aromatic heterocycles. The Morgan fingerprint density at radius 2 is 1.82 bits per heavy atom. The zero-order valence-electron chi connectivity index (χ0n) is 17.7. The van der Waals surface area contributed by atoms with Crippen molar-refractivity contribution in [2.75, 3.05) is 46.4 Å². The minimum Gasteiger partial charge on any atom is -0.379 e. The zero-order valence-corrected chi connectivity index (χ0v) is 17.7. The number of aliphatic imine (C=N–C) groups is 1. The number of guanidine groups is 1. The molecule has 7 heteroatoms. The molecule has 0 saturated carbocycles. The Bertz CT molecular complexity index is 654. The van der Waals surface area contributed by atoms with Crippen molar-refractivity contribution in [1.82, 2.24) is 20.9 Å². The van der Waals surface area contributed by atoms with Gasteiger partial charge in [0, 0.05) is 46.3 Å². The number of carbonyl (C=O) groups is 1. The first kappa shape index (κ1) is 22.2. The Labute approximate surface area is 168 Å². The van der Waals surface area contributed by atoms with Crippen LogP contribution in [0.25, 0.3) is 0 Å². The van der Waals surface area contributed by atoms with Gasteiger partial charge in [0.15, 0.2) is 5.96 Å². The molecule has 1 aliphatic rings. The van der Waals surface area contributed by atoms with Crippen molar-refractivity contribution in [3.8, 4) is 0 Å². The average Bonchev–Trinajstić information content (AvgIpc) is 2.70. The number of benzene rings is 1. The predicted molar refractivity (Wildman–Crippen MR) is 113 cm³/mol. The Kier molecular flexibility index (Phi) is 8.73. The van der Waals surface area contributed by atoms with Crippen LogP contribution in [0.5, 0.6) is 0 Å². The maximum absolute atomic E-state index is 12.2. The number of hydrogen-bond donors (Lipinski definition) is 3. The summed E-state index contributed by atoms with van der Waals surface area (Å²) in [4.78, 5) is 18.9. The molecule has 0 spiro atoms. The molecular weight excluding hydrogens is 354 g/mol. The summed E-state index contributed by atoms with van der Waals surface area (Å²) in [5, 5.41) is 9.52. The van der Waals surface area contributed by atoms with Crippen LogP contribution in [0.1, 0.15) is 31.9 Å². The van der Waals surface area contributed by atoms with Gasteiger partial charge in [0.2, 0.25) is 5.91 Å². The van der Waals surface area contributed by atoms with Crippen molar-refractivity contribution in [3.63, 3.8) is 0 Å². The Balaban J connectivity index is 1.90. The van der Waals surface area contributed by atoms with Crippen LogP contribution in [-0.2, 0) is 22.6 Å². The quantitative estimate of drug-likeness (QED) is 0.462. The van der Waals surface area contributed by atoms with Gasteiger partial charge in [-0.25, -0.2) is 0 Å². The van der Waals surface area contributed by atoms with Gasteiger partial charge in [-0.1, -0.05) is 24.3 Å². The summed E-state index contributed by atoms with van der Waals surface area (Å²) in [6.07, 6.45) is 0. The summed E-state index contributed by atoms with van der Waals surface area (Å²) >= 11 is 0. The van der Waals surface area contributed by atoms with Crippen molar-refractivity contribution < 1.29 is 9.53 Å². The lowest BCUT2D eigenvalue weighted by Crippen LogP contribution is -2.47. The maximum atomic E-state index is 12.2. The molecule has 1 aliphatic heterocycles. The lowest BCUT2D eigenvalue weighted by Gasteiger charge is -2.27. The maximum Gasteiger partial charge on any atom is 0.227 e. The molecule has 0 radical (unpaired) electrons. The number of carbonyl (C=O) groups excluding carboxylic acids is 1. The minimum atomic E-state index is -0.512. The molecule has 1 fully saturated rings. The Hall–Kier alpha value is -2.12. The lowest BCUT2D eigenvalue weighted by molar-refractivity contribution is -0.128. The molecule has 0 bridgehead atoms. The molecular formula is C21H35N5O2. The second-order valence-electron chi connectivity index (χ2n) is 7.68. The summed E-state index contributed by atoms with van der Waals surface area (Å²) in [7, 11) is 1.74. The molecule has 1 aromatic rings. The fraction of sp³-hybridized carbons (Fsp3) is 0.619. The van der Waals surface area contributed by atoms with Gasteiger partial charge in [-0.05, 0) is 31.9 Å². The molecule has 1 saturated heterocycles. The van der Waals surface area contributed by atoms with E-state index in [2.05, 4.69) is 50.1 Å². The van der Waals surface area contributed by atoms with E-state index in [0.717, 1.165) is 32.8 Å². The van der Waals surface area contributed by atoms with E-state index >= 15 is 0 Å². The van der Waals surface area contributed by atoms with Crippen molar-refractivity contribution in [2.24, 2.45) is 10.4 Å². The molecule has 156 valence electrons. The predicted octanol–water partition coefficient (Wildman–Crippen LogP) is 1.35. The van der Waals surface area contributed by atoms with Crippen LogP contribution in [0.4, 0.5) is 0 Å². The highest BCUT2D eigenvalue weighted by molar-refractivity contribution is 5.84. The SMILES string of the molecule is CCNC(=O)C(C)(C)CNC(=NC)NCc1ccccc1CN1CCOCC1. The third-order valence-corrected chi connectivity index (χ3v) is 4.94.